The Hall–Kier alpha value is -1.86. The van der Waals surface area contributed by atoms with E-state index in [1.54, 1.807) is 17.0 Å². The van der Waals surface area contributed by atoms with Gasteiger partial charge in [0.1, 0.15) is 16.8 Å². The first-order valence-electron chi connectivity index (χ1n) is 6.61. The van der Waals surface area contributed by atoms with Crippen molar-refractivity contribution < 1.29 is 14.5 Å². The number of benzene rings is 1. The molecule has 2 rings (SSSR count). The molecule has 0 aliphatic carbocycles. The third kappa shape index (κ3) is 3.25. The lowest BCUT2D eigenvalue weighted by molar-refractivity contribution is -0.384. The molecule has 1 aliphatic rings. The van der Waals surface area contributed by atoms with E-state index in [4.69, 9.17) is 16.3 Å². The summed E-state index contributed by atoms with van der Waals surface area (Å²) in [6.07, 6.45) is 0. The van der Waals surface area contributed by atoms with Crippen LogP contribution >= 0.6 is 11.6 Å². The van der Waals surface area contributed by atoms with Crippen molar-refractivity contribution in [2.75, 3.05) is 31.2 Å². The molecule has 1 heterocycles. The minimum Gasteiger partial charge on any atom is -0.377 e. The maximum atomic E-state index is 12.1. The van der Waals surface area contributed by atoms with E-state index >= 15 is 0 Å². The first-order chi connectivity index (χ1) is 10.1. The fraction of sp³-hybridized carbons (Fsp3) is 0.462. The highest BCUT2D eigenvalue weighted by Gasteiger charge is 2.34. The minimum absolute atomic E-state index is 0.0543. The fourth-order valence-electron chi connectivity index (χ4n) is 2.32. The summed E-state index contributed by atoms with van der Waals surface area (Å²) in [4.78, 5) is 24.5. The molecule has 1 N–H and O–H groups in total. The van der Waals surface area contributed by atoms with Gasteiger partial charge in [-0.05, 0) is 19.1 Å². The molecule has 1 unspecified atom stereocenters. The number of ether oxygens (including phenoxy) is 1. The average molecular weight is 314 g/mol. The van der Waals surface area contributed by atoms with Gasteiger partial charge in [-0.1, -0.05) is 17.7 Å². The number of likely N-dealkylation sites (N-methyl/N-ethyl adjacent to an activating group) is 1. The van der Waals surface area contributed by atoms with Crippen LogP contribution in [-0.4, -0.2) is 43.2 Å². The number of morpholine rings is 1. The lowest BCUT2D eigenvalue weighted by Crippen LogP contribution is -2.54. The van der Waals surface area contributed by atoms with Crippen LogP contribution < -0.4 is 10.2 Å². The Morgan fingerprint density at radius 1 is 1.62 bits per heavy atom. The van der Waals surface area contributed by atoms with Crippen LogP contribution in [0, 0.1) is 10.1 Å². The summed E-state index contributed by atoms with van der Waals surface area (Å²) in [6.45, 7) is 3.28. The number of nitrogens with one attached hydrogen (secondary N) is 1. The topological polar surface area (TPSA) is 84.7 Å². The quantitative estimate of drug-likeness (QED) is 0.674. The van der Waals surface area contributed by atoms with Crippen molar-refractivity contribution in [3.05, 3.63) is 33.3 Å². The lowest BCUT2D eigenvalue weighted by atomic mass is 10.1. The summed E-state index contributed by atoms with van der Waals surface area (Å²) in [7, 11) is 0. The molecule has 1 aromatic rings. The van der Waals surface area contributed by atoms with Crippen molar-refractivity contribution in [1.82, 2.24) is 5.32 Å². The molecule has 7 nitrogen and oxygen atoms in total. The standard InChI is InChI=1S/C13H16ClN3O4/c1-2-15-13(18)11-8-21-7-6-16(11)10-5-3-4-9(14)12(10)17(19)20/h3-5,11H,2,6-8H2,1H3,(H,15,18). The maximum absolute atomic E-state index is 12.1. The zero-order valence-corrected chi connectivity index (χ0v) is 12.3. The van der Waals surface area contributed by atoms with Crippen LogP contribution in [-0.2, 0) is 9.53 Å². The van der Waals surface area contributed by atoms with Crippen molar-refractivity contribution in [3.63, 3.8) is 0 Å². The van der Waals surface area contributed by atoms with Gasteiger partial charge in [-0.15, -0.1) is 0 Å². The summed E-state index contributed by atoms with van der Waals surface area (Å²) < 4.78 is 5.33. The SMILES string of the molecule is CCNC(=O)C1COCCN1c1cccc(Cl)c1[N+](=O)[O-]. The van der Waals surface area contributed by atoms with E-state index in [1.807, 2.05) is 6.92 Å². The van der Waals surface area contributed by atoms with Gasteiger partial charge in [0.05, 0.1) is 18.1 Å². The molecule has 1 fully saturated rings. The van der Waals surface area contributed by atoms with Gasteiger partial charge in [0.25, 0.3) is 0 Å². The largest absolute Gasteiger partial charge is 0.377 e. The number of hydrogen-bond acceptors (Lipinski definition) is 5. The fourth-order valence-corrected chi connectivity index (χ4v) is 2.56. The molecule has 0 saturated carbocycles. The lowest BCUT2D eigenvalue weighted by Gasteiger charge is -2.35. The number of amides is 1. The number of hydrogen-bond donors (Lipinski definition) is 1. The normalized spacial score (nSPS) is 18.4. The van der Waals surface area contributed by atoms with Crippen molar-refractivity contribution in [3.8, 4) is 0 Å². The van der Waals surface area contributed by atoms with Gasteiger partial charge in [0.15, 0.2) is 0 Å². The van der Waals surface area contributed by atoms with E-state index in [2.05, 4.69) is 5.32 Å². The molecule has 1 saturated heterocycles. The second kappa shape index (κ2) is 6.73. The molecule has 1 aromatic carbocycles. The molecule has 114 valence electrons. The number of halogens is 1. The number of carbonyl (C=O) groups is 1. The van der Waals surface area contributed by atoms with Gasteiger partial charge in [-0.2, -0.15) is 0 Å². The van der Waals surface area contributed by atoms with Crippen LogP contribution in [0.3, 0.4) is 0 Å². The first-order valence-corrected chi connectivity index (χ1v) is 6.99. The first kappa shape index (κ1) is 15.5. The monoisotopic (exact) mass is 313 g/mol. The summed E-state index contributed by atoms with van der Waals surface area (Å²) in [5, 5.41) is 14.0. The number of nitrogens with zero attached hydrogens (tertiary/aromatic N) is 2. The third-order valence-corrected chi connectivity index (χ3v) is 3.54. The van der Waals surface area contributed by atoms with Gasteiger partial charge in [0, 0.05) is 13.1 Å². The van der Waals surface area contributed by atoms with Crippen LogP contribution in [0.4, 0.5) is 11.4 Å². The zero-order valence-electron chi connectivity index (χ0n) is 11.5. The van der Waals surface area contributed by atoms with E-state index < -0.39 is 11.0 Å². The Labute approximate surface area is 127 Å². The van der Waals surface area contributed by atoms with Gasteiger partial charge in [-0.3, -0.25) is 14.9 Å². The van der Waals surface area contributed by atoms with Crippen LogP contribution in [0.1, 0.15) is 6.92 Å². The highest BCUT2D eigenvalue weighted by atomic mass is 35.5. The van der Waals surface area contributed by atoms with Gasteiger partial charge >= 0.3 is 5.69 Å². The predicted molar refractivity (Wildman–Crippen MR) is 78.7 cm³/mol. The van der Waals surface area contributed by atoms with Gasteiger partial charge < -0.3 is 15.0 Å². The number of rotatable bonds is 4. The number of para-hydroxylation sites is 1. The van der Waals surface area contributed by atoms with Crippen LogP contribution in [0.2, 0.25) is 5.02 Å². The Morgan fingerprint density at radius 2 is 2.38 bits per heavy atom. The Morgan fingerprint density at radius 3 is 3.05 bits per heavy atom. The maximum Gasteiger partial charge on any atom is 0.310 e. The number of carbonyl (C=O) groups excluding carboxylic acids is 1. The van der Waals surface area contributed by atoms with Crippen LogP contribution in [0.5, 0.6) is 0 Å². The molecule has 0 bridgehead atoms. The second-order valence-corrected chi connectivity index (χ2v) is 4.95. The van der Waals surface area contributed by atoms with E-state index in [9.17, 15) is 14.9 Å². The molecule has 8 heteroatoms. The molecule has 0 radical (unpaired) electrons. The minimum atomic E-state index is -0.601. The highest BCUT2D eigenvalue weighted by Crippen LogP contribution is 2.36. The number of nitro groups is 1. The third-order valence-electron chi connectivity index (χ3n) is 3.24. The summed E-state index contributed by atoms with van der Waals surface area (Å²) in [6, 6.07) is 4.09. The predicted octanol–water partition coefficient (Wildman–Crippen LogP) is 1.59. The van der Waals surface area contributed by atoms with E-state index in [-0.39, 0.29) is 23.2 Å². The molecular formula is C13H16ClN3O4. The van der Waals surface area contributed by atoms with Gasteiger partial charge in [0.2, 0.25) is 5.91 Å². The van der Waals surface area contributed by atoms with Crippen LogP contribution in [0.15, 0.2) is 18.2 Å². The molecule has 0 aromatic heterocycles. The highest BCUT2D eigenvalue weighted by molar-refractivity contribution is 6.33. The average Bonchev–Trinajstić information content (AvgIpc) is 2.47. The summed E-state index contributed by atoms with van der Waals surface area (Å²) in [5.74, 6) is -0.216. The molecule has 1 atom stereocenters. The Balaban J connectivity index is 2.40. The Bertz CT molecular complexity index is 552. The van der Waals surface area contributed by atoms with E-state index in [0.29, 0.717) is 25.4 Å². The second-order valence-electron chi connectivity index (χ2n) is 4.54. The van der Waals surface area contributed by atoms with E-state index in [1.165, 1.54) is 6.07 Å². The smallest absolute Gasteiger partial charge is 0.310 e. The molecular weight excluding hydrogens is 298 g/mol. The Kier molecular flexibility index (Phi) is 4.98. The van der Waals surface area contributed by atoms with Crippen molar-refractivity contribution in [1.29, 1.82) is 0 Å². The summed E-state index contributed by atoms with van der Waals surface area (Å²) in [5.41, 5.74) is 0.155. The van der Waals surface area contributed by atoms with Crippen LogP contribution in [0.25, 0.3) is 0 Å². The molecule has 21 heavy (non-hydrogen) atoms. The summed E-state index contributed by atoms with van der Waals surface area (Å²) >= 11 is 5.93. The molecule has 1 amide bonds. The van der Waals surface area contributed by atoms with Crippen molar-refractivity contribution in [2.24, 2.45) is 0 Å². The number of anilines is 1. The molecule has 0 spiro atoms. The van der Waals surface area contributed by atoms with Gasteiger partial charge in [-0.25, -0.2) is 0 Å². The number of nitro benzene ring substituents is 1. The van der Waals surface area contributed by atoms with E-state index in [0.717, 1.165) is 0 Å². The van der Waals surface area contributed by atoms with Crippen molar-refractivity contribution >= 4 is 28.9 Å². The zero-order chi connectivity index (χ0) is 15.4. The molecule has 1 aliphatic heterocycles. The van der Waals surface area contributed by atoms with Crippen molar-refractivity contribution in [2.45, 2.75) is 13.0 Å².